The highest BCUT2D eigenvalue weighted by Crippen LogP contribution is 2.31. The number of benzene rings is 1. The monoisotopic (exact) mass is 415 g/mol. The van der Waals surface area contributed by atoms with Gasteiger partial charge in [0, 0.05) is 32.8 Å². The molecule has 2 aromatic rings. The van der Waals surface area contributed by atoms with Gasteiger partial charge < -0.3 is 18.7 Å². The third-order valence-corrected chi connectivity index (χ3v) is 6.07. The van der Waals surface area contributed by atoms with Gasteiger partial charge in [0.05, 0.1) is 19.8 Å². The molecule has 1 aromatic heterocycles. The van der Waals surface area contributed by atoms with Crippen molar-refractivity contribution in [2.24, 2.45) is 5.92 Å². The van der Waals surface area contributed by atoms with Crippen LogP contribution >= 0.6 is 0 Å². The third kappa shape index (κ3) is 5.80. The number of likely N-dealkylation sites (tertiary alicyclic amines) is 1. The van der Waals surface area contributed by atoms with E-state index in [-0.39, 0.29) is 6.04 Å². The molecule has 0 bridgehead atoms. The van der Waals surface area contributed by atoms with Gasteiger partial charge in [-0.15, -0.1) is 0 Å². The van der Waals surface area contributed by atoms with Gasteiger partial charge in [0.25, 0.3) is 0 Å². The van der Waals surface area contributed by atoms with Crippen LogP contribution in [-0.4, -0.2) is 55.1 Å². The lowest BCUT2D eigenvalue weighted by Crippen LogP contribution is -2.33. The van der Waals surface area contributed by atoms with Gasteiger partial charge in [-0.2, -0.15) is 4.98 Å². The summed E-state index contributed by atoms with van der Waals surface area (Å²) < 4.78 is 22.3. The Labute approximate surface area is 178 Å². The van der Waals surface area contributed by atoms with Crippen LogP contribution < -0.4 is 4.74 Å². The van der Waals surface area contributed by atoms with Crippen LogP contribution in [0, 0.1) is 5.92 Å². The first-order valence-corrected chi connectivity index (χ1v) is 11.2. The summed E-state index contributed by atoms with van der Waals surface area (Å²) in [6.07, 6.45) is 6.31. The standard InChI is InChI=1S/C23H33N3O4/c1-27-20-6-4-5-19(15-20)16-26-11-3-2-7-21(26)23-24-22(25-30-23)10-14-29-17-18-8-12-28-13-9-18/h4-6,15,18,21H,2-3,7-14,16-17H2,1H3. The molecule has 0 amide bonds. The minimum absolute atomic E-state index is 0.175. The molecule has 7 heteroatoms. The van der Waals surface area contributed by atoms with E-state index in [9.17, 15) is 0 Å². The number of rotatable bonds is 9. The first-order chi connectivity index (χ1) is 14.8. The maximum absolute atomic E-state index is 5.85. The quantitative estimate of drug-likeness (QED) is 0.577. The van der Waals surface area contributed by atoms with E-state index in [0.29, 0.717) is 18.9 Å². The number of piperidine rings is 1. The molecule has 1 unspecified atom stereocenters. The molecule has 3 heterocycles. The zero-order valence-corrected chi connectivity index (χ0v) is 17.9. The zero-order valence-electron chi connectivity index (χ0n) is 17.9. The average Bonchev–Trinajstić information content (AvgIpc) is 3.27. The Hall–Kier alpha value is -1.96. The summed E-state index contributed by atoms with van der Waals surface area (Å²) in [5, 5.41) is 4.21. The molecule has 30 heavy (non-hydrogen) atoms. The predicted octanol–water partition coefficient (Wildman–Crippen LogP) is 3.79. The fraction of sp³-hybridized carbons (Fsp3) is 0.652. The lowest BCUT2D eigenvalue weighted by molar-refractivity contribution is 0.0211. The van der Waals surface area contributed by atoms with E-state index in [1.807, 2.05) is 12.1 Å². The lowest BCUT2D eigenvalue weighted by Gasteiger charge is -2.33. The Balaban J connectivity index is 1.30. The molecule has 4 rings (SSSR count). The van der Waals surface area contributed by atoms with Gasteiger partial charge in [-0.25, -0.2) is 0 Å². The van der Waals surface area contributed by atoms with Gasteiger partial charge in [-0.05, 0) is 55.8 Å². The molecule has 2 aliphatic heterocycles. The predicted molar refractivity (Wildman–Crippen MR) is 112 cm³/mol. The van der Waals surface area contributed by atoms with Crippen molar-refractivity contribution in [3.05, 3.63) is 41.5 Å². The van der Waals surface area contributed by atoms with Crippen molar-refractivity contribution < 1.29 is 18.7 Å². The molecule has 7 nitrogen and oxygen atoms in total. The minimum Gasteiger partial charge on any atom is -0.497 e. The Kier molecular flexibility index (Phi) is 7.72. The van der Waals surface area contributed by atoms with Crippen molar-refractivity contribution in [2.45, 2.75) is 51.1 Å². The van der Waals surface area contributed by atoms with Crippen LogP contribution in [0.2, 0.25) is 0 Å². The average molecular weight is 416 g/mol. The van der Waals surface area contributed by atoms with Crippen molar-refractivity contribution >= 4 is 0 Å². The fourth-order valence-corrected chi connectivity index (χ4v) is 4.30. The van der Waals surface area contributed by atoms with E-state index in [0.717, 1.165) is 69.6 Å². The summed E-state index contributed by atoms with van der Waals surface area (Å²) in [7, 11) is 1.70. The van der Waals surface area contributed by atoms with Gasteiger partial charge in [0.2, 0.25) is 5.89 Å². The molecule has 0 spiro atoms. The Bertz CT molecular complexity index is 775. The molecule has 1 aromatic carbocycles. The van der Waals surface area contributed by atoms with E-state index in [4.69, 9.17) is 23.7 Å². The highest BCUT2D eigenvalue weighted by Gasteiger charge is 2.29. The number of ether oxygens (including phenoxy) is 3. The zero-order chi connectivity index (χ0) is 20.6. The Morgan fingerprint density at radius 2 is 2.07 bits per heavy atom. The van der Waals surface area contributed by atoms with Crippen molar-refractivity contribution in [3.63, 3.8) is 0 Å². The second-order valence-electron chi connectivity index (χ2n) is 8.26. The van der Waals surface area contributed by atoms with E-state index < -0.39 is 0 Å². The summed E-state index contributed by atoms with van der Waals surface area (Å²) in [5.41, 5.74) is 1.24. The summed E-state index contributed by atoms with van der Waals surface area (Å²) in [5.74, 6) is 2.98. The highest BCUT2D eigenvalue weighted by molar-refractivity contribution is 5.28. The third-order valence-electron chi connectivity index (χ3n) is 6.07. The van der Waals surface area contributed by atoms with Crippen molar-refractivity contribution in [1.82, 2.24) is 15.0 Å². The van der Waals surface area contributed by atoms with Gasteiger partial charge in [0.1, 0.15) is 5.75 Å². The van der Waals surface area contributed by atoms with E-state index in [2.05, 4.69) is 22.2 Å². The second kappa shape index (κ2) is 10.9. The fourth-order valence-electron chi connectivity index (χ4n) is 4.30. The largest absolute Gasteiger partial charge is 0.497 e. The Morgan fingerprint density at radius 3 is 2.93 bits per heavy atom. The molecule has 0 radical (unpaired) electrons. The summed E-state index contributed by atoms with van der Waals surface area (Å²) >= 11 is 0. The topological polar surface area (TPSA) is 69.9 Å². The Morgan fingerprint density at radius 1 is 1.17 bits per heavy atom. The molecule has 0 aliphatic carbocycles. The maximum Gasteiger partial charge on any atom is 0.244 e. The molecule has 0 N–H and O–H groups in total. The molecule has 2 aliphatic rings. The van der Waals surface area contributed by atoms with Crippen LogP contribution in [-0.2, 0) is 22.4 Å². The number of nitrogens with zero attached hydrogens (tertiary/aromatic N) is 3. The highest BCUT2D eigenvalue weighted by atomic mass is 16.5. The molecular weight excluding hydrogens is 382 g/mol. The van der Waals surface area contributed by atoms with Gasteiger partial charge in [0.15, 0.2) is 5.82 Å². The first-order valence-electron chi connectivity index (χ1n) is 11.2. The van der Waals surface area contributed by atoms with Crippen molar-refractivity contribution in [2.75, 3.05) is 40.1 Å². The van der Waals surface area contributed by atoms with Crippen LogP contribution in [0.5, 0.6) is 5.75 Å². The molecule has 2 fully saturated rings. The van der Waals surface area contributed by atoms with Gasteiger partial charge >= 0.3 is 0 Å². The smallest absolute Gasteiger partial charge is 0.244 e. The van der Waals surface area contributed by atoms with Crippen molar-refractivity contribution in [3.8, 4) is 5.75 Å². The summed E-state index contributed by atoms with van der Waals surface area (Å²) in [6, 6.07) is 8.43. The SMILES string of the molecule is COc1cccc(CN2CCCCC2c2nc(CCOCC3CCOCC3)no2)c1. The van der Waals surface area contributed by atoms with Crippen LogP contribution in [0.1, 0.15) is 55.4 Å². The molecule has 1 atom stereocenters. The van der Waals surface area contributed by atoms with Gasteiger partial charge in [-0.1, -0.05) is 23.7 Å². The second-order valence-corrected chi connectivity index (χ2v) is 8.26. The molecule has 164 valence electrons. The number of aromatic nitrogens is 2. The van der Waals surface area contributed by atoms with Crippen LogP contribution in [0.25, 0.3) is 0 Å². The van der Waals surface area contributed by atoms with Gasteiger partial charge in [-0.3, -0.25) is 4.90 Å². The van der Waals surface area contributed by atoms with E-state index in [1.165, 1.54) is 18.4 Å². The van der Waals surface area contributed by atoms with Crippen LogP contribution in [0.4, 0.5) is 0 Å². The normalized spacial score (nSPS) is 21.0. The van der Waals surface area contributed by atoms with Crippen molar-refractivity contribution in [1.29, 1.82) is 0 Å². The molecule has 2 saturated heterocycles. The van der Waals surface area contributed by atoms with Crippen LogP contribution in [0.3, 0.4) is 0 Å². The van der Waals surface area contributed by atoms with Crippen LogP contribution in [0.15, 0.2) is 28.8 Å². The maximum atomic E-state index is 5.85. The summed E-state index contributed by atoms with van der Waals surface area (Å²) in [4.78, 5) is 7.14. The van der Waals surface area contributed by atoms with E-state index >= 15 is 0 Å². The summed E-state index contributed by atoms with van der Waals surface area (Å²) in [6.45, 7) is 5.03. The number of hydrogen-bond acceptors (Lipinski definition) is 7. The van der Waals surface area contributed by atoms with E-state index in [1.54, 1.807) is 7.11 Å². The first kappa shape index (κ1) is 21.3. The lowest BCUT2D eigenvalue weighted by atomic mass is 10.0. The molecule has 0 saturated carbocycles. The minimum atomic E-state index is 0.175. The molecular formula is C23H33N3O4. The number of hydrogen-bond donors (Lipinski definition) is 0. The number of methoxy groups -OCH3 is 1.